The Bertz CT molecular complexity index is 1240. The molecule has 4 rings (SSSR count). The summed E-state index contributed by atoms with van der Waals surface area (Å²) in [4.78, 5) is 27.7. The first-order chi connectivity index (χ1) is 15.5. The molecule has 2 saturated heterocycles. The largest absolute Gasteiger partial charge is 0.289 e. The fraction of sp³-hybridized carbons (Fsp3) is 0.364. The molecule has 0 aromatic heterocycles. The van der Waals surface area contributed by atoms with Gasteiger partial charge in [0.15, 0.2) is 17.5 Å². The lowest BCUT2D eigenvalue weighted by Crippen LogP contribution is -2.53. The maximum atomic E-state index is 14.1. The van der Waals surface area contributed by atoms with E-state index in [0.29, 0.717) is 17.8 Å². The van der Waals surface area contributed by atoms with Gasteiger partial charge in [-0.1, -0.05) is 17.7 Å². The van der Waals surface area contributed by atoms with Crippen molar-refractivity contribution in [2.24, 2.45) is 0 Å². The van der Waals surface area contributed by atoms with Gasteiger partial charge in [-0.3, -0.25) is 14.5 Å². The van der Waals surface area contributed by atoms with E-state index in [1.54, 1.807) is 11.0 Å². The molecule has 176 valence electrons. The van der Waals surface area contributed by atoms with Gasteiger partial charge in [0.2, 0.25) is 15.9 Å². The molecule has 2 aliphatic rings. The summed E-state index contributed by atoms with van der Waals surface area (Å²) in [7, 11) is -4.40. The minimum atomic E-state index is -4.40. The van der Waals surface area contributed by atoms with Gasteiger partial charge in [0.1, 0.15) is 4.90 Å². The van der Waals surface area contributed by atoms with Crippen molar-refractivity contribution in [1.29, 1.82) is 0 Å². The van der Waals surface area contributed by atoms with Gasteiger partial charge in [0, 0.05) is 26.2 Å². The molecule has 0 N–H and O–H groups in total. The molecule has 0 radical (unpaired) electrons. The molecule has 2 aromatic carbocycles. The Morgan fingerprint density at radius 3 is 2.21 bits per heavy atom. The molecule has 11 heteroatoms. The van der Waals surface area contributed by atoms with Crippen LogP contribution in [0.25, 0.3) is 0 Å². The smallest absolute Gasteiger partial charge is 0.251 e. The van der Waals surface area contributed by atoms with Crippen molar-refractivity contribution in [2.45, 2.75) is 31.2 Å². The second-order valence-corrected chi connectivity index (χ2v) is 10.1. The summed E-state index contributed by atoms with van der Waals surface area (Å²) >= 11 is 0. The number of nitrogens with zero attached hydrogens (tertiary/aromatic N) is 3. The van der Waals surface area contributed by atoms with Gasteiger partial charge in [0.05, 0.1) is 18.2 Å². The lowest BCUT2D eigenvalue weighted by molar-refractivity contribution is -0.123. The number of sulfonamides is 1. The van der Waals surface area contributed by atoms with Crippen LogP contribution in [0.4, 0.5) is 18.9 Å². The van der Waals surface area contributed by atoms with Crippen molar-refractivity contribution in [3.63, 3.8) is 0 Å². The third-order valence-corrected chi connectivity index (χ3v) is 7.96. The molecule has 2 fully saturated rings. The van der Waals surface area contributed by atoms with Gasteiger partial charge in [-0.2, -0.15) is 4.31 Å². The topological polar surface area (TPSA) is 78.0 Å². The summed E-state index contributed by atoms with van der Waals surface area (Å²) in [5.74, 6) is -5.81. The molecular weight excluding hydrogens is 459 g/mol. The van der Waals surface area contributed by atoms with Crippen LogP contribution in [0.3, 0.4) is 0 Å². The first kappa shape index (κ1) is 23.4. The fourth-order valence-corrected chi connectivity index (χ4v) is 5.79. The number of hydrogen-bond donors (Lipinski definition) is 0. The van der Waals surface area contributed by atoms with Gasteiger partial charge >= 0.3 is 0 Å². The molecule has 0 spiro atoms. The molecule has 33 heavy (non-hydrogen) atoms. The van der Waals surface area contributed by atoms with Gasteiger partial charge < -0.3 is 0 Å². The maximum absolute atomic E-state index is 14.1. The van der Waals surface area contributed by atoms with E-state index in [4.69, 9.17) is 0 Å². The van der Waals surface area contributed by atoms with Gasteiger partial charge in [-0.05, 0) is 37.6 Å². The first-order valence-corrected chi connectivity index (χ1v) is 11.8. The Labute approximate surface area is 189 Å². The molecule has 0 aliphatic carbocycles. The van der Waals surface area contributed by atoms with Gasteiger partial charge in [-0.25, -0.2) is 26.5 Å². The highest BCUT2D eigenvalue weighted by molar-refractivity contribution is 7.89. The number of rotatable bonds is 4. The van der Waals surface area contributed by atoms with E-state index in [2.05, 4.69) is 0 Å². The highest BCUT2D eigenvalue weighted by Crippen LogP contribution is 2.30. The molecule has 2 amide bonds. The monoisotopic (exact) mass is 481 g/mol. The van der Waals surface area contributed by atoms with E-state index in [9.17, 15) is 31.2 Å². The van der Waals surface area contributed by atoms with Crippen molar-refractivity contribution < 1.29 is 31.2 Å². The minimum Gasteiger partial charge on any atom is -0.289 e. The van der Waals surface area contributed by atoms with Crippen molar-refractivity contribution in [1.82, 2.24) is 9.21 Å². The van der Waals surface area contributed by atoms with E-state index in [1.165, 1.54) is 4.90 Å². The lowest BCUT2D eigenvalue weighted by Gasteiger charge is -2.36. The van der Waals surface area contributed by atoms with E-state index < -0.39 is 38.4 Å². The molecule has 2 aromatic rings. The Morgan fingerprint density at radius 2 is 1.58 bits per heavy atom. The van der Waals surface area contributed by atoms with Crippen LogP contribution in [0.5, 0.6) is 0 Å². The van der Waals surface area contributed by atoms with E-state index in [-0.39, 0.29) is 44.4 Å². The van der Waals surface area contributed by atoms with E-state index >= 15 is 0 Å². The molecule has 1 atom stereocenters. The summed E-state index contributed by atoms with van der Waals surface area (Å²) in [6.07, 6.45) is -0.0311. The van der Waals surface area contributed by atoms with E-state index in [0.717, 1.165) is 15.4 Å². The molecule has 2 heterocycles. The quantitative estimate of drug-likeness (QED) is 0.495. The predicted octanol–water partition coefficient (Wildman–Crippen LogP) is 2.36. The number of amides is 2. The number of piperazine rings is 1. The van der Waals surface area contributed by atoms with Crippen LogP contribution in [-0.4, -0.2) is 61.7 Å². The predicted molar refractivity (Wildman–Crippen MR) is 113 cm³/mol. The Morgan fingerprint density at radius 1 is 0.909 bits per heavy atom. The van der Waals surface area contributed by atoms with Crippen molar-refractivity contribution in [3.05, 3.63) is 58.9 Å². The zero-order valence-electron chi connectivity index (χ0n) is 18.0. The summed E-state index contributed by atoms with van der Waals surface area (Å²) in [6, 6.07) is 5.94. The highest BCUT2D eigenvalue weighted by Gasteiger charge is 2.44. The Balaban J connectivity index is 1.49. The highest BCUT2D eigenvalue weighted by atomic mass is 32.2. The van der Waals surface area contributed by atoms with Crippen LogP contribution >= 0.6 is 0 Å². The summed E-state index contributed by atoms with van der Waals surface area (Å²) in [5, 5.41) is 0. The number of carbonyl (C=O) groups is 2. The van der Waals surface area contributed by atoms with E-state index in [1.807, 2.05) is 26.0 Å². The van der Waals surface area contributed by atoms with Crippen LogP contribution in [0.1, 0.15) is 17.5 Å². The zero-order chi connectivity index (χ0) is 24.1. The molecule has 0 unspecified atom stereocenters. The van der Waals surface area contributed by atoms with Crippen molar-refractivity contribution in [3.8, 4) is 0 Å². The summed E-state index contributed by atoms with van der Waals surface area (Å²) in [6.45, 7) is 3.78. The zero-order valence-corrected chi connectivity index (χ0v) is 18.8. The number of hydrogen-bond acceptors (Lipinski definition) is 5. The van der Waals surface area contributed by atoms with Crippen molar-refractivity contribution >= 4 is 27.5 Å². The minimum absolute atomic E-state index is 0.0311. The number of benzene rings is 2. The SMILES string of the molecule is Cc1ccc(N2C(=O)C[C@@H](N3CCN(S(=O)(=O)c4ccc(F)c(F)c4F)CC3)C2=O)c(C)c1. The number of halogens is 3. The number of carbonyl (C=O) groups excluding carboxylic acids is 2. The average molecular weight is 481 g/mol. The van der Waals surface area contributed by atoms with Gasteiger partial charge in [-0.15, -0.1) is 0 Å². The first-order valence-electron chi connectivity index (χ1n) is 10.3. The molecular formula is C22H22F3N3O4S. The normalized spacial score (nSPS) is 20.6. The van der Waals surface area contributed by atoms with Crippen LogP contribution in [0, 0.1) is 31.3 Å². The molecule has 7 nitrogen and oxygen atoms in total. The number of imide groups is 1. The Hall–Kier alpha value is -2.76. The Kier molecular flexibility index (Phi) is 6.06. The second-order valence-electron chi connectivity index (χ2n) is 8.19. The fourth-order valence-electron chi connectivity index (χ4n) is 4.31. The summed E-state index contributed by atoms with van der Waals surface area (Å²) < 4.78 is 67.3. The molecule has 0 bridgehead atoms. The van der Waals surface area contributed by atoms with Gasteiger partial charge in [0.25, 0.3) is 5.91 Å². The van der Waals surface area contributed by atoms with Crippen LogP contribution in [0.15, 0.2) is 35.2 Å². The average Bonchev–Trinajstić information content (AvgIpc) is 3.06. The van der Waals surface area contributed by atoms with Crippen LogP contribution in [-0.2, 0) is 19.6 Å². The van der Waals surface area contributed by atoms with Crippen LogP contribution < -0.4 is 4.90 Å². The third kappa shape index (κ3) is 4.04. The third-order valence-electron chi connectivity index (χ3n) is 6.05. The second kappa shape index (κ2) is 8.54. The number of anilines is 1. The molecule has 2 aliphatic heterocycles. The maximum Gasteiger partial charge on any atom is 0.251 e. The standard InChI is InChI=1S/C22H22F3N3O4S/c1-13-3-5-16(14(2)11-13)28-19(29)12-17(22(28)30)26-7-9-27(10-8-26)33(31,32)18-6-4-15(23)20(24)21(18)25/h3-6,11,17H,7-10,12H2,1-2H3/t17-/m1/s1. The lowest BCUT2D eigenvalue weighted by atomic mass is 10.1. The molecule has 0 saturated carbocycles. The van der Waals surface area contributed by atoms with Crippen molar-refractivity contribution in [2.75, 3.05) is 31.1 Å². The number of aryl methyl sites for hydroxylation is 2. The van der Waals surface area contributed by atoms with Crippen LogP contribution in [0.2, 0.25) is 0 Å². The summed E-state index contributed by atoms with van der Waals surface area (Å²) in [5.41, 5.74) is 2.32.